The second kappa shape index (κ2) is 25.4. The van der Waals surface area contributed by atoms with Crippen LogP contribution >= 0.6 is 0 Å². The number of rotatable bonds is 23. The van der Waals surface area contributed by atoms with Crippen LogP contribution in [0.3, 0.4) is 0 Å². The third kappa shape index (κ3) is 14.1. The number of ether oxygens (including phenoxy) is 3. The number of hydrogen-bond donors (Lipinski definition) is 4. The summed E-state index contributed by atoms with van der Waals surface area (Å²) in [6, 6.07) is 10.4. The molecule has 16 heteroatoms. The van der Waals surface area contributed by atoms with E-state index >= 15 is 0 Å². The van der Waals surface area contributed by atoms with Crippen LogP contribution in [0.15, 0.2) is 42.6 Å². The van der Waals surface area contributed by atoms with Crippen molar-refractivity contribution in [2.24, 2.45) is 29.0 Å². The molecule has 7 N–H and O–H groups in total. The van der Waals surface area contributed by atoms with Crippen molar-refractivity contribution in [2.75, 3.05) is 46.5 Å². The Morgan fingerprint density at radius 2 is 1.60 bits per heavy atom. The van der Waals surface area contributed by atoms with Gasteiger partial charge in [-0.25, -0.2) is 4.98 Å². The maximum Gasteiger partial charge on any atom is 0.316 e. The second-order valence-electron chi connectivity index (χ2n) is 16.0. The fraction of sp³-hybridized carbons (Fsp3) is 0.532. The van der Waals surface area contributed by atoms with E-state index in [1.807, 2.05) is 12.1 Å². The van der Waals surface area contributed by atoms with Crippen molar-refractivity contribution in [3.8, 4) is 34.7 Å². The zero-order chi connectivity index (χ0) is 45.9. The lowest BCUT2D eigenvalue weighted by atomic mass is 9.88. The number of aromatic nitrogens is 2. The van der Waals surface area contributed by atoms with Crippen molar-refractivity contribution >= 4 is 29.2 Å². The van der Waals surface area contributed by atoms with E-state index in [0.29, 0.717) is 46.1 Å². The van der Waals surface area contributed by atoms with E-state index in [1.165, 1.54) is 24.6 Å². The lowest BCUT2D eigenvalue weighted by Gasteiger charge is -2.32. The molecule has 0 aliphatic carbocycles. The lowest BCUT2D eigenvalue weighted by Crippen LogP contribution is -2.46. The van der Waals surface area contributed by atoms with Gasteiger partial charge in [0, 0.05) is 75.0 Å². The summed E-state index contributed by atoms with van der Waals surface area (Å²) in [5, 5.41) is 12.1. The predicted octanol–water partition coefficient (Wildman–Crippen LogP) is 4.72. The van der Waals surface area contributed by atoms with Crippen LogP contribution in [0.1, 0.15) is 111 Å². The van der Waals surface area contributed by atoms with Crippen LogP contribution in [0.2, 0.25) is 0 Å². The number of amides is 2. The summed E-state index contributed by atoms with van der Waals surface area (Å²) < 4.78 is 18.0. The average molecular weight is 869 g/mol. The number of nitriles is 1. The third-order valence-electron chi connectivity index (χ3n) is 11.1. The molecule has 63 heavy (non-hydrogen) atoms. The number of Topliss-reactive ketones (excluding diaryl/α,β-unsaturated/α-hetero) is 3. The van der Waals surface area contributed by atoms with Crippen molar-refractivity contribution in [2.45, 2.75) is 103 Å². The molecule has 2 aromatic carbocycles. The molecule has 0 saturated carbocycles. The molecule has 0 spiro atoms. The Morgan fingerprint density at radius 1 is 0.921 bits per heavy atom. The molecule has 0 unspecified atom stereocenters. The van der Waals surface area contributed by atoms with Crippen molar-refractivity contribution in [1.29, 1.82) is 5.26 Å². The number of unbranched alkanes of at least 4 members (excludes halogenated alkanes) is 4. The summed E-state index contributed by atoms with van der Waals surface area (Å²) in [7, 11) is 1.49. The molecule has 4 atom stereocenters. The van der Waals surface area contributed by atoms with E-state index in [4.69, 9.17) is 31.4 Å². The van der Waals surface area contributed by atoms with Gasteiger partial charge in [0.2, 0.25) is 11.8 Å². The van der Waals surface area contributed by atoms with Gasteiger partial charge in [0.15, 0.2) is 17.3 Å². The van der Waals surface area contributed by atoms with Crippen LogP contribution in [0.25, 0.3) is 11.1 Å². The van der Waals surface area contributed by atoms with Gasteiger partial charge < -0.3 is 41.6 Å². The Morgan fingerprint density at radius 3 is 2.25 bits per heavy atom. The van der Waals surface area contributed by atoms with Gasteiger partial charge in [0.25, 0.3) is 0 Å². The molecule has 16 nitrogen and oxygen atoms in total. The van der Waals surface area contributed by atoms with Crippen molar-refractivity contribution in [3.05, 3.63) is 65.0 Å². The fourth-order valence-corrected chi connectivity index (χ4v) is 7.63. The van der Waals surface area contributed by atoms with Gasteiger partial charge in [-0.1, -0.05) is 51.7 Å². The highest BCUT2D eigenvalue weighted by Crippen LogP contribution is 2.41. The highest BCUT2D eigenvalue weighted by atomic mass is 16.5. The molecule has 1 aromatic heterocycles. The van der Waals surface area contributed by atoms with E-state index in [2.05, 4.69) is 22.2 Å². The first-order valence-electron chi connectivity index (χ1n) is 22.0. The largest absolute Gasteiger partial charge is 0.492 e. The smallest absolute Gasteiger partial charge is 0.316 e. The summed E-state index contributed by atoms with van der Waals surface area (Å²) in [6.45, 7) is 6.74. The molecular formula is C47H64N8O8. The van der Waals surface area contributed by atoms with E-state index in [1.54, 1.807) is 44.2 Å². The maximum atomic E-state index is 14.6. The van der Waals surface area contributed by atoms with E-state index in [9.17, 15) is 29.2 Å². The van der Waals surface area contributed by atoms with Gasteiger partial charge in [0.1, 0.15) is 30.8 Å². The molecule has 2 amide bonds. The van der Waals surface area contributed by atoms with Crippen molar-refractivity contribution < 1.29 is 38.2 Å². The van der Waals surface area contributed by atoms with Crippen molar-refractivity contribution in [3.63, 3.8) is 0 Å². The number of carbonyl (C=O) groups is 5. The minimum atomic E-state index is -1.23. The Bertz CT molecular complexity index is 2090. The Labute approximate surface area is 370 Å². The monoisotopic (exact) mass is 868 g/mol. The number of nitrogens with one attached hydrogen (secondary N) is 1. The van der Waals surface area contributed by atoms with Crippen LogP contribution in [0, 0.1) is 30.1 Å². The quantitative estimate of drug-likeness (QED) is 0.0743. The molecule has 4 rings (SSSR count). The molecule has 2 heterocycles. The number of benzene rings is 2. The number of aryl methyl sites for hydroxylation is 1. The first-order valence-corrected chi connectivity index (χ1v) is 22.0. The molecule has 3 aromatic rings. The number of likely N-dealkylation sites (N-methyl/N-ethyl adjacent to an activating group) is 1. The number of carbonyl (C=O) groups excluding carboxylic acids is 5. The lowest BCUT2D eigenvalue weighted by molar-refractivity contribution is -0.142. The Kier molecular flexibility index (Phi) is 20.1. The zero-order valence-corrected chi connectivity index (χ0v) is 37.2. The number of nitrogens with two attached hydrogens (primary N) is 3. The molecule has 0 radical (unpaired) electrons. The molecule has 1 aliphatic rings. The standard InChI is InChI=1S/C47H64N8O8/c1-5-6-7-8-9-21-63-47-52-29-37(31(3)53-47)40(57)28-34(16-18-49)46(60)55(4)44-33-13-15-43(62-23-20-51)36(27-33)35-25-32(12-14-42(35)61-22-19-50)26-38(39(56)11-10-17-48)54-45(59)30(2)24-41(44)58/h12-15,25,27,29-30,34,38,44H,5-11,16,18-24,26,28,49-51H2,1-4H3,(H,54,59)/t30-,34-,38+,44+/m1/s1. The summed E-state index contributed by atoms with van der Waals surface area (Å²) in [4.78, 5) is 80.3. The Hall–Kier alpha value is -5.76. The van der Waals surface area contributed by atoms with E-state index in [0.717, 1.165) is 25.7 Å². The molecule has 340 valence electrons. The van der Waals surface area contributed by atoms with Gasteiger partial charge in [-0.15, -0.1) is 0 Å². The fourth-order valence-electron chi connectivity index (χ4n) is 7.63. The average Bonchev–Trinajstić information content (AvgIpc) is 3.27. The number of fused-ring (bicyclic) bond motifs is 5. The first-order chi connectivity index (χ1) is 30.4. The normalized spacial score (nSPS) is 16.8. The molecular weight excluding hydrogens is 805 g/mol. The van der Waals surface area contributed by atoms with E-state index in [-0.39, 0.29) is 94.5 Å². The van der Waals surface area contributed by atoms with Gasteiger partial charge in [-0.05, 0) is 68.1 Å². The second-order valence-corrected chi connectivity index (χ2v) is 16.0. The minimum absolute atomic E-state index is 0.0300. The van der Waals surface area contributed by atoms with Crippen LogP contribution in [0.5, 0.6) is 17.5 Å². The van der Waals surface area contributed by atoms with Crippen LogP contribution in [0.4, 0.5) is 0 Å². The Balaban J connectivity index is 1.76. The molecule has 0 fully saturated rings. The van der Waals surface area contributed by atoms with E-state index < -0.39 is 41.5 Å². The van der Waals surface area contributed by atoms with Gasteiger partial charge in [-0.3, -0.25) is 24.0 Å². The van der Waals surface area contributed by atoms with Gasteiger partial charge in [-0.2, -0.15) is 10.2 Å². The minimum Gasteiger partial charge on any atom is -0.492 e. The molecule has 0 saturated heterocycles. The molecule has 4 bridgehead atoms. The van der Waals surface area contributed by atoms with Crippen LogP contribution < -0.4 is 36.7 Å². The summed E-state index contributed by atoms with van der Waals surface area (Å²) in [5.74, 6) is -3.19. The maximum absolute atomic E-state index is 14.6. The van der Waals surface area contributed by atoms with Crippen molar-refractivity contribution in [1.82, 2.24) is 20.2 Å². The summed E-state index contributed by atoms with van der Waals surface area (Å²) in [6.07, 6.45) is 6.37. The third-order valence-corrected chi connectivity index (χ3v) is 11.1. The SMILES string of the molecule is CCCCCCCOc1ncc(C(=O)C[C@@H](CCN)C(=O)N(C)[C@@H]2C(=O)C[C@@H](C)C(=O)N[C@H](C(=O)CCC#N)Cc3ccc(OCCN)c(c3)-c3cc2ccc3OCCN)c(C)n1. The first kappa shape index (κ1) is 49.9. The topological polar surface area (TPSA) is 256 Å². The molecule has 1 aliphatic heterocycles. The summed E-state index contributed by atoms with van der Waals surface area (Å²) in [5.41, 5.74) is 20.5. The van der Waals surface area contributed by atoms with Crippen LogP contribution in [-0.2, 0) is 25.6 Å². The predicted molar refractivity (Wildman–Crippen MR) is 238 cm³/mol. The number of hydrogen-bond acceptors (Lipinski definition) is 14. The van der Waals surface area contributed by atoms with Gasteiger partial charge in [0.05, 0.1) is 30.0 Å². The van der Waals surface area contributed by atoms with Gasteiger partial charge >= 0.3 is 6.01 Å². The highest BCUT2D eigenvalue weighted by molar-refractivity contribution is 6.00. The summed E-state index contributed by atoms with van der Waals surface area (Å²) >= 11 is 0. The van der Waals surface area contributed by atoms with Crippen LogP contribution in [-0.4, -0.2) is 96.6 Å². The zero-order valence-electron chi connectivity index (χ0n) is 37.2. The number of nitrogens with zero attached hydrogens (tertiary/aromatic N) is 4. The highest BCUT2D eigenvalue weighted by Gasteiger charge is 2.36. The number of ketones is 3.